The summed E-state index contributed by atoms with van der Waals surface area (Å²) in [7, 11) is 0. The fourth-order valence-corrected chi connectivity index (χ4v) is 1.48. The largest absolute Gasteiger partial charge is 0.416 e. The fourth-order valence-electron chi connectivity index (χ4n) is 1.48. The molecule has 0 saturated carbocycles. The van der Waals surface area contributed by atoms with Crippen molar-refractivity contribution in [2.45, 2.75) is 39.1 Å². The molecule has 1 aromatic rings. The van der Waals surface area contributed by atoms with Gasteiger partial charge < -0.3 is 10.4 Å². The van der Waals surface area contributed by atoms with Crippen LogP contribution in [0.3, 0.4) is 0 Å². The second-order valence-corrected chi connectivity index (χ2v) is 5.31. The number of hydrogen-bond acceptors (Lipinski definition) is 2. The van der Waals surface area contributed by atoms with Crippen molar-refractivity contribution >= 4 is 0 Å². The molecule has 5 heteroatoms. The number of rotatable bonds is 5. The summed E-state index contributed by atoms with van der Waals surface area (Å²) in [6.45, 7) is 6.39. The molecule has 0 amide bonds. The third-order valence-corrected chi connectivity index (χ3v) is 3.34. The van der Waals surface area contributed by atoms with Gasteiger partial charge in [-0.05, 0) is 30.5 Å². The van der Waals surface area contributed by atoms with Crippen molar-refractivity contribution in [1.29, 1.82) is 0 Å². The summed E-state index contributed by atoms with van der Waals surface area (Å²) in [4.78, 5) is 0. The lowest BCUT2D eigenvalue weighted by Gasteiger charge is -2.28. The van der Waals surface area contributed by atoms with Crippen molar-refractivity contribution in [2.75, 3.05) is 6.54 Å². The zero-order chi connectivity index (χ0) is 14.7. The normalized spacial score (nSPS) is 15.6. The van der Waals surface area contributed by atoms with Gasteiger partial charge in [-0.25, -0.2) is 0 Å². The Bertz CT molecular complexity index is 396. The summed E-state index contributed by atoms with van der Waals surface area (Å²) in [6, 6.07) is 5.02. The molecule has 19 heavy (non-hydrogen) atoms. The molecule has 0 radical (unpaired) electrons. The Morgan fingerprint density at radius 1 is 1.16 bits per heavy atom. The van der Waals surface area contributed by atoms with Crippen LogP contribution in [0.4, 0.5) is 13.2 Å². The Balaban J connectivity index is 2.52. The van der Waals surface area contributed by atoms with Crippen LogP contribution >= 0.6 is 0 Å². The summed E-state index contributed by atoms with van der Waals surface area (Å²) in [5.74, 6) is 0.104. The molecule has 2 nitrogen and oxygen atoms in total. The standard InChI is InChI=1S/C14H20F3NO/c1-10(2)13(3,19)9-18-8-11-4-6-12(7-5-11)14(15,16)17/h4-7,10,18-19H,8-9H2,1-3H3. The van der Waals surface area contributed by atoms with E-state index in [1.807, 2.05) is 13.8 Å². The number of hydrogen-bond donors (Lipinski definition) is 2. The first-order chi connectivity index (χ1) is 8.63. The number of alkyl halides is 3. The predicted octanol–water partition coefficient (Wildman–Crippen LogP) is 3.20. The van der Waals surface area contributed by atoms with E-state index in [0.29, 0.717) is 13.1 Å². The minimum atomic E-state index is -4.30. The average Bonchev–Trinajstić information content (AvgIpc) is 2.28. The van der Waals surface area contributed by atoms with Gasteiger partial charge in [0.1, 0.15) is 0 Å². The summed E-state index contributed by atoms with van der Waals surface area (Å²) in [5.41, 5.74) is -0.718. The van der Waals surface area contributed by atoms with Crippen molar-refractivity contribution in [3.8, 4) is 0 Å². The van der Waals surface area contributed by atoms with E-state index in [9.17, 15) is 18.3 Å². The number of aliphatic hydroxyl groups is 1. The Morgan fingerprint density at radius 2 is 1.68 bits per heavy atom. The van der Waals surface area contributed by atoms with E-state index >= 15 is 0 Å². The van der Waals surface area contributed by atoms with Gasteiger partial charge in [0, 0.05) is 13.1 Å². The van der Waals surface area contributed by atoms with E-state index in [1.165, 1.54) is 12.1 Å². The molecule has 1 rings (SSSR count). The third-order valence-electron chi connectivity index (χ3n) is 3.34. The minimum Gasteiger partial charge on any atom is -0.389 e. The average molecular weight is 275 g/mol. The van der Waals surface area contributed by atoms with Crippen molar-refractivity contribution in [3.05, 3.63) is 35.4 Å². The lowest BCUT2D eigenvalue weighted by atomic mass is 9.92. The molecule has 0 aliphatic carbocycles. The lowest BCUT2D eigenvalue weighted by molar-refractivity contribution is -0.137. The molecule has 0 bridgehead atoms. The highest BCUT2D eigenvalue weighted by atomic mass is 19.4. The molecule has 0 spiro atoms. The molecule has 108 valence electrons. The summed E-state index contributed by atoms with van der Waals surface area (Å²) >= 11 is 0. The first-order valence-electron chi connectivity index (χ1n) is 6.22. The van der Waals surface area contributed by atoms with Crippen LogP contribution < -0.4 is 5.32 Å². The van der Waals surface area contributed by atoms with Crippen LogP contribution in [0.1, 0.15) is 31.9 Å². The first-order valence-corrected chi connectivity index (χ1v) is 6.22. The molecule has 1 aromatic carbocycles. The summed E-state index contributed by atoms with van der Waals surface area (Å²) in [6.07, 6.45) is -4.30. The van der Waals surface area contributed by atoms with Crippen LogP contribution in [0.25, 0.3) is 0 Å². The molecular weight excluding hydrogens is 255 g/mol. The Morgan fingerprint density at radius 3 is 2.11 bits per heavy atom. The highest BCUT2D eigenvalue weighted by molar-refractivity contribution is 5.24. The SMILES string of the molecule is CC(C)C(C)(O)CNCc1ccc(C(F)(F)F)cc1. The summed E-state index contributed by atoms with van der Waals surface area (Å²) in [5, 5.41) is 13.1. The van der Waals surface area contributed by atoms with Crippen molar-refractivity contribution in [2.24, 2.45) is 5.92 Å². The van der Waals surface area contributed by atoms with Gasteiger partial charge >= 0.3 is 6.18 Å². The van der Waals surface area contributed by atoms with Gasteiger partial charge in [0.25, 0.3) is 0 Å². The minimum absolute atomic E-state index is 0.104. The molecule has 1 unspecified atom stereocenters. The fraction of sp³-hybridized carbons (Fsp3) is 0.571. The summed E-state index contributed by atoms with van der Waals surface area (Å²) < 4.78 is 37.1. The van der Waals surface area contributed by atoms with E-state index in [1.54, 1.807) is 6.92 Å². The molecule has 1 atom stereocenters. The van der Waals surface area contributed by atoms with Gasteiger partial charge in [-0.1, -0.05) is 26.0 Å². The van der Waals surface area contributed by atoms with Gasteiger partial charge in [-0.2, -0.15) is 13.2 Å². The van der Waals surface area contributed by atoms with Crippen molar-refractivity contribution in [3.63, 3.8) is 0 Å². The van der Waals surface area contributed by atoms with Crippen LogP contribution in [-0.4, -0.2) is 17.3 Å². The lowest BCUT2D eigenvalue weighted by Crippen LogP contribution is -2.41. The van der Waals surface area contributed by atoms with Gasteiger partial charge in [0.15, 0.2) is 0 Å². The van der Waals surface area contributed by atoms with E-state index < -0.39 is 17.3 Å². The van der Waals surface area contributed by atoms with Crippen LogP contribution in [0.15, 0.2) is 24.3 Å². The highest BCUT2D eigenvalue weighted by Crippen LogP contribution is 2.29. The second kappa shape index (κ2) is 5.92. The van der Waals surface area contributed by atoms with E-state index in [-0.39, 0.29) is 5.92 Å². The maximum absolute atomic E-state index is 12.4. The zero-order valence-electron chi connectivity index (χ0n) is 11.4. The molecule has 0 aromatic heterocycles. The Labute approximate surface area is 111 Å². The van der Waals surface area contributed by atoms with Crippen molar-refractivity contribution in [1.82, 2.24) is 5.32 Å². The van der Waals surface area contributed by atoms with E-state index in [2.05, 4.69) is 5.32 Å². The monoisotopic (exact) mass is 275 g/mol. The molecular formula is C14H20F3NO. The zero-order valence-corrected chi connectivity index (χ0v) is 11.4. The van der Waals surface area contributed by atoms with Crippen LogP contribution in [-0.2, 0) is 12.7 Å². The maximum atomic E-state index is 12.4. The molecule has 0 saturated heterocycles. The quantitative estimate of drug-likeness (QED) is 0.865. The van der Waals surface area contributed by atoms with Gasteiger partial charge in [-0.3, -0.25) is 0 Å². The highest BCUT2D eigenvalue weighted by Gasteiger charge is 2.30. The van der Waals surface area contributed by atoms with Crippen LogP contribution in [0, 0.1) is 5.92 Å². The van der Waals surface area contributed by atoms with Gasteiger partial charge in [0.2, 0.25) is 0 Å². The number of nitrogens with one attached hydrogen (secondary N) is 1. The Kier molecular flexibility index (Phi) is 4.98. The van der Waals surface area contributed by atoms with E-state index in [4.69, 9.17) is 0 Å². The first kappa shape index (κ1) is 16.0. The third kappa shape index (κ3) is 4.84. The molecule has 0 aliphatic heterocycles. The predicted molar refractivity (Wildman–Crippen MR) is 68.6 cm³/mol. The molecule has 0 aliphatic rings. The number of benzene rings is 1. The molecule has 2 N–H and O–H groups in total. The molecule has 0 fully saturated rings. The smallest absolute Gasteiger partial charge is 0.389 e. The number of halogens is 3. The van der Waals surface area contributed by atoms with Gasteiger partial charge in [0.05, 0.1) is 11.2 Å². The topological polar surface area (TPSA) is 32.3 Å². The van der Waals surface area contributed by atoms with Crippen LogP contribution in [0.2, 0.25) is 0 Å². The van der Waals surface area contributed by atoms with Crippen LogP contribution in [0.5, 0.6) is 0 Å². The molecule has 0 heterocycles. The van der Waals surface area contributed by atoms with E-state index in [0.717, 1.165) is 17.7 Å². The van der Waals surface area contributed by atoms with Gasteiger partial charge in [-0.15, -0.1) is 0 Å². The maximum Gasteiger partial charge on any atom is 0.416 e. The Hall–Kier alpha value is -1.07. The van der Waals surface area contributed by atoms with Crippen molar-refractivity contribution < 1.29 is 18.3 Å². The second-order valence-electron chi connectivity index (χ2n) is 5.31.